The van der Waals surface area contributed by atoms with E-state index >= 15 is 0 Å². The molecule has 2 aromatic carbocycles. The monoisotopic (exact) mass is 270 g/mol. The first-order valence-corrected chi connectivity index (χ1v) is 6.66. The summed E-state index contributed by atoms with van der Waals surface area (Å²) in [6.07, 6.45) is 0. The third kappa shape index (κ3) is 2.57. The number of ether oxygens (including phenoxy) is 1. The smallest absolute Gasteiger partial charge is 0.316 e. The van der Waals surface area contributed by atoms with Crippen molar-refractivity contribution in [3.8, 4) is 0 Å². The number of methoxy groups -OCH3 is 1. The summed E-state index contributed by atoms with van der Waals surface area (Å²) in [4.78, 5) is 24.6. The van der Waals surface area contributed by atoms with E-state index in [0.29, 0.717) is 5.56 Å². The molecule has 2 aromatic rings. The van der Waals surface area contributed by atoms with Crippen molar-refractivity contribution in [2.45, 2.75) is 13.8 Å². The van der Waals surface area contributed by atoms with Gasteiger partial charge in [0.25, 0.3) is 0 Å². The summed E-state index contributed by atoms with van der Waals surface area (Å²) in [5.41, 5.74) is 0.576. The number of fused-ring (bicyclic) bond motifs is 1. The van der Waals surface area contributed by atoms with E-state index in [1.54, 1.807) is 6.07 Å². The minimum atomic E-state index is -0.759. The molecule has 104 valence electrons. The maximum atomic E-state index is 12.7. The predicted molar refractivity (Wildman–Crippen MR) is 78.6 cm³/mol. The van der Waals surface area contributed by atoms with Crippen LogP contribution in [-0.4, -0.2) is 18.9 Å². The maximum absolute atomic E-state index is 12.7. The number of hydrogen-bond acceptors (Lipinski definition) is 3. The van der Waals surface area contributed by atoms with Crippen molar-refractivity contribution in [3.63, 3.8) is 0 Å². The van der Waals surface area contributed by atoms with Crippen LogP contribution in [0.1, 0.15) is 24.2 Å². The molecule has 0 heterocycles. The molecule has 3 nitrogen and oxygen atoms in total. The van der Waals surface area contributed by atoms with Crippen LogP contribution in [0.2, 0.25) is 0 Å². The van der Waals surface area contributed by atoms with Gasteiger partial charge in [-0.05, 0) is 16.7 Å². The number of carbonyl (C=O) groups is 2. The first kappa shape index (κ1) is 14.3. The Morgan fingerprint density at radius 2 is 1.65 bits per heavy atom. The van der Waals surface area contributed by atoms with Crippen molar-refractivity contribution in [1.29, 1.82) is 0 Å². The molecule has 0 spiro atoms. The summed E-state index contributed by atoms with van der Waals surface area (Å²) in [6.45, 7) is 3.70. The molecule has 0 saturated heterocycles. The Kier molecular flexibility index (Phi) is 4.18. The Hall–Kier alpha value is -2.16. The molecule has 2 rings (SSSR count). The third-order valence-corrected chi connectivity index (χ3v) is 3.46. The molecule has 0 aliphatic carbocycles. The molecule has 1 unspecified atom stereocenters. The van der Waals surface area contributed by atoms with E-state index in [0.717, 1.165) is 10.8 Å². The average molecular weight is 270 g/mol. The van der Waals surface area contributed by atoms with E-state index in [4.69, 9.17) is 4.74 Å². The highest BCUT2D eigenvalue weighted by molar-refractivity contribution is 6.15. The fourth-order valence-electron chi connectivity index (χ4n) is 2.42. The maximum Gasteiger partial charge on any atom is 0.316 e. The van der Waals surface area contributed by atoms with Crippen LogP contribution in [0.5, 0.6) is 0 Å². The van der Waals surface area contributed by atoms with Gasteiger partial charge < -0.3 is 4.74 Å². The van der Waals surface area contributed by atoms with Crippen molar-refractivity contribution >= 4 is 22.5 Å². The number of benzene rings is 2. The van der Waals surface area contributed by atoms with Gasteiger partial charge in [0.05, 0.1) is 7.11 Å². The largest absolute Gasteiger partial charge is 0.468 e. The van der Waals surface area contributed by atoms with Gasteiger partial charge in [0, 0.05) is 5.56 Å². The van der Waals surface area contributed by atoms with Crippen LogP contribution < -0.4 is 0 Å². The Labute approximate surface area is 118 Å². The number of hydrogen-bond donors (Lipinski definition) is 0. The molecule has 3 heteroatoms. The van der Waals surface area contributed by atoms with E-state index in [9.17, 15) is 9.59 Å². The van der Waals surface area contributed by atoms with E-state index in [2.05, 4.69) is 0 Å². The second-order valence-corrected chi connectivity index (χ2v) is 5.14. The van der Waals surface area contributed by atoms with Crippen molar-refractivity contribution in [1.82, 2.24) is 0 Å². The minimum absolute atomic E-state index is 0.103. The molecular weight excluding hydrogens is 252 g/mol. The molecule has 20 heavy (non-hydrogen) atoms. The Morgan fingerprint density at radius 3 is 2.30 bits per heavy atom. The summed E-state index contributed by atoms with van der Waals surface area (Å²) < 4.78 is 4.77. The van der Waals surface area contributed by atoms with Crippen LogP contribution in [0.15, 0.2) is 42.5 Å². The number of Topliss-reactive ketones (excluding diaryl/α,β-unsaturated/α-hetero) is 1. The fourth-order valence-corrected chi connectivity index (χ4v) is 2.42. The summed E-state index contributed by atoms with van der Waals surface area (Å²) in [6, 6.07) is 13.2. The molecule has 0 aliphatic heterocycles. The number of ketones is 1. The third-order valence-electron chi connectivity index (χ3n) is 3.46. The lowest BCUT2D eigenvalue weighted by molar-refractivity contribution is -0.144. The minimum Gasteiger partial charge on any atom is -0.468 e. The van der Waals surface area contributed by atoms with Gasteiger partial charge in [-0.25, -0.2) is 0 Å². The van der Waals surface area contributed by atoms with E-state index in [1.807, 2.05) is 50.2 Å². The number of esters is 1. The number of rotatable bonds is 4. The van der Waals surface area contributed by atoms with Crippen molar-refractivity contribution in [3.05, 3.63) is 48.0 Å². The van der Waals surface area contributed by atoms with E-state index in [-0.39, 0.29) is 11.7 Å². The SMILES string of the molecule is COC(=O)C(C(=O)c1cccc2ccccc12)C(C)C. The first-order valence-electron chi connectivity index (χ1n) is 6.66. The average Bonchev–Trinajstić information content (AvgIpc) is 2.46. The molecule has 0 bridgehead atoms. The zero-order valence-electron chi connectivity index (χ0n) is 11.9. The fraction of sp³-hybridized carbons (Fsp3) is 0.294. The van der Waals surface area contributed by atoms with Gasteiger partial charge in [0.2, 0.25) is 0 Å². The van der Waals surface area contributed by atoms with Crippen LogP contribution >= 0.6 is 0 Å². The highest BCUT2D eigenvalue weighted by atomic mass is 16.5. The van der Waals surface area contributed by atoms with Crippen LogP contribution in [-0.2, 0) is 9.53 Å². The van der Waals surface area contributed by atoms with Crippen molar-refractivity contribution < 1.29 is 14.3 Å². The molecule has 0 saturated carbocycles. The van der Waals surface area contributed by atoms with Gasteiger partial charge >= 0.3 is 5.97 Å². The second-order valence-electron chi connectivity index (χ2n) is 5.14. The Balaban J connectivity index is 2.52. The first-order chi connectivity index (χ1) is 9.56. The van der Waals surface area contributed by atoms with Crippen molar-refractivity contribution in [2.24, 2.45) is 11.8 Å². The molecule has 0 fully saturated rings. The molecule has 0 N–H and O–H groups in total. The Bertz CT molecular complexity index is 638. The van der Waals surface area contributed by atoms with Gasteiger partial charge in [-0.15, -0.1) is 0 Å². The van der Waals surface area contributed by atoms with Gasteiger partial charge in [-0.1, -0.05) is 56.3 Å². The number of carbonyl (C=O) groups excluding carboxylic acids is 2. The van der Waals surface area contributed by atoms with Crippen LogP contribution in [0.4, 0.5) is 0 Å². The summed E-state index contributed by atoms with van der Waals surface area (Å²) in [7, 11) is 1.31. The second kappa shape index (κ2) is 5.87. The molecule has 1 atom stereocenters. The molecule has 0 radical (unpaired) electrons. The normalized spacial score (nSPS) is 12.4. The summed E-state index contributed by atoms with van der Waals surface area (Å²) in [5, 5.41) is 1.86. The van der Waals surface area contributed by atoms with Crippen LogP contribution in [0.25, 0.3) is 10.8 Å². The van der Waals surface area contributed by atoms with Gasteiger partial charge in [-0.3, -0.25) is 9.59 Å². The van der Waals surface area contributed by atoms with Crippen molar-refractivity contribution in [2.75, 3.05) is 7.11 Å². The Morgan fingerprint density at radius 1 is 1.00 bits per heavy atom. The quantitative estimate of drug-likeness (QED) is 0.485. The van der Waals surface area contributed by atoms with Crippen LogP contribution in [0, 0.1) is 11.8 Å². The summed E-state index contributed by atoms with van der Waals surface area (Å²) >= 11 is 0. The van der Waals surface area contributed by atoms with Gasteiger partial charge in [0.15, 0.2) is 5.78 Å². The highest BCUT2D eigenvalue weighted by Crippen LogP contribution is 2.25. The molecule has 0 aliphatic rings. The molecule has 0 amide bonds. The van der Waals surface area contributed by atoms with E-state index in [1.165, 1.54) is 7.11 Å². The highest BCUT2D eigenvalue weighted by Gasteiger charge is 2.32. The van der Waals surface area contributed by atoms with Crippen LogP contribution in [0.3, 0.4) is 0 Å². The lowest BCUT2D eigenvalue weighted by Gasteiger charge is -2.18. The molecular formula is C17H18O3. The van der Waals surface area contributed by atoms with Gasteiger partial charge in [-0.2, -0.15) is 0 Å². The summed E-state index contributed by atoms with van der Waals surface area (Å²) in [5.74, 6) is -1.51. The lowest BCUT2D eigenvalue weighted by atomic mass is 9.86. The standard InChI is InChI=1S/C17H18O3/c1-11(2)15(17(19)20-3)16(18)14-10-6-8-12-7-4-5-9-13(12)14/h4-11,15H,1-3H3. The zero-order chi connectivity index (χ0) is 14.7. The molecule has 0 aromatic heterocycles. The van der Waals surface area contributed by atoms with E-state index < -0.39 is 11.9 Å². The lowest BCUT2D eigenvalue weighted by Crippen LogP contribution is -2.30. The zero-order valence-corrected chi connectivity index (χ0v) is 11.9. The topological polar surface area (TPSA) is 43.4 Å². The van der Waals surface area contributed by atoms with Gasteiger partial charge in [0.1, 0.15) is 5.92 Å². The predicted octanol–water partition coefficient (Wildman–Crippen LogP) is 3.47.